The first kappa shape index (κ1) is 72.1. The molecule has 2 aliphatic carbocycles. The van der Waals surface area contributed by atoms with Crippen molar-refractivity contribution in [3.05, 3.63) is 355 Å². The fourth-order valence-corrected chi connectivity index (χ4v) is 19.2. The number of aromatic nitrogens is 6. The zero-order valence-corrected chi connectivity index (χ0v) is 66.8. The van der Waals surface area contributed by atoms with E-state index in [1.165, 1.54) is 118 Å². The van der Waals surface area contributed by atoms with E-state index in [-0.39, 0.29) is 16.1 Å². The lowest BCUT2D eigenvalue weighted by Crippen LogP contribution is -2.41. The Morgan fingerprint density at radius 2 is 0.570 bits per heavy atom. The van der Waals surface area contributed by atoms with Crippen molar-refractivity contribution in [2.45, 2.75) is 77.4 Å². The van der Waals surface area contributed by atoms with Crippen molar-refractivity contribution in [2.75, 3.05) is 0 Å². The highest BCUT2D eigenvalue weighted by Crippen LogP contribution is 2.53. The van der Waals surface area contributed by atoms with E-state index in [4.69, 9.17) is 35.9 Å². The van der Waals surface area contributed by atoms with Gasteiger partial charge in [-0.2, -0.15) is 9.97 Å². The molecule has 0 atom stereocenters. The van der Waals surface area contributed by atoms with Gasteiger partial charge in [0.05, 0.1) is 11.2 Å². The maximum Gasteiger partial charge on any atom is 0.494 e. The van der Waals surface area contributed by atoms with Crippen LogP contribution in [0.25, 0.3) is 164 Å². The molecule has 0 bridgehead atoms. The first-order valence-electron chi connectivity index (χ1n) is 38.7. The van der Waals surface area contributed by atoms with E-state index in [0.717, 1.165) is 44.4 Å². The molecular formula is C102H78BClN6O2S2. The normalized spacial score (nSPS) is 14.4. The summed E-state index contributed by atoms with van der Waals surface area (Å²) in [6, 6.07) is 116. The topological polar surface area (TPSA) is 95.8 Å². The Kier molecular flexibility index (Phi) is 18.2. The molecule has 0 unspecified atom stereocenters. The van der Waals surface area contributed by atoms with Crippen molar-refractivity contribution in [1.82, 2.24) is 29.9 Å². The lowest BCUT2D eigenvalue weighted by molar-refractivity contribution is 0.00578. The summed E-state index contributed by atoms with van der Waals surface area (Å²) >= 11 is 9.71. The van der Waals surface area contributed by atoms with Crippen LogP contribution >= 0.6 is 34.3 Å². The van der Waals surface area contributed by atoms with E-state index in [1.54, 1.807) is 0 Å². The van der Waals surface area contributed by atoms with Crippen molar-refractivity contribution in [3.63, 3.8) is 0 Å². The molecule has 1 aliphatic heterocycles. The van der Waals surface area contributed by atoms with Crippen molar-refractivity contribution < 1.29 is 9.31 Å². The Morgan fingerprint density at radius 1 is 0.254 bits per heavy atom. The molecule has 0 N–H and O–H groups in total. The third-order valence-electron chi connectivity index (χ3n) is 23.3. The second-order valence-electron chi connectivity index (χ2n) is 31.7. The minimum Gasteiger partial charge on any atom is -0.399 e. The molecule has 8 nitrogen and oxygen atoms in total. The second-order valence-corrected chi connectivity index (χ2v) is 34.1. The molecule has 21 rings (SSSR count). The predicted molar refractivity (Wildman–Crippen MR) is 477 cm³/mol. The summed E-state index contributed by atoms with van der Waals surface area (Å²) in [5.41, 5.74) is 25.0. The molecule has 5 heterocycles. The number of nitrogens with zero attached hydrogens (tertiary/aromatic N) is 6. The molecule has 0 spiro atoms. The lowest BCUT2D eigenvalue weighted by Gasteiger charge is -2.32. The van der Waals surface area contributed by atoms with Crippen LogP contribution in [-0.2, 0) is 20.1 Å². The standard InChI is InChI=1S/C48H33N3S.C39H35BO2S.C15H10ClN3/c1-48(2)41-22-11-9-18-37(41)38-25-24-32(29-42(38)48)33-26-34(36-20-13-21-40-39-19-10-12-23-43(39)52-44(36)40)28-35(27-33)47-50-45(30-14-5-3-6-15-30)49-46(51-47)31-16-7-4-8-17-31;1-37(2)33-16-9-7-12-29(33)30-19-18-24(23-34(30)37)25-20-26(22-27(21-25)40-41-38(3,4)39(5,6)42-40)28-14-11-15-32-31-13-8-10-17-35(31)43-36(28)32;16-15-18-13(11-7-3-1-4-8-11)17-14(19-15)12-9-5-2-6-10-12/h3-29H,1-2H3;7-23H,1-6H3;1-10H. The third-order valence-corrected chi connectivity index (χ3v) is 25.9. The summed E-state index contributed by atoms with van der Waals surface area (Å²) < 4.78 is 18.4. The smallest absolute Gasteiger partial charge is 0.399 e. The van der Waals surface area contributed by atoms with E-state index in [9.17, 15) is 0 Å². The van der Waals surface area contributed by atoms with Crippen molar-refractivity contribution in [3.8, 4) is 124 Å². The fourth-order valence-electron chi connectivity index (χ4n) is 16.6. The zero-order chi connectivity index (χ0) is 77.6. The van der Waals surface area contributed by atoms with E-state index in [0.29, 0.717) is 29.1 Å². The number of rotatable bonds is 10. The van der Waals surface area contributed by atoms with Crippen LogP contribution in [0.5, 0.6) is 0 Å². The Balaban J connectivity index is 0.000000126. The highest BCUT2D eigenvalue weighted by atomic mass is 35.5. The number of benzene rings is 14. The van der Waals surface area contributed by atoms with Gasteiger partial charge in [0.2, 0.25) is 5.28 Å². The Bertz CT molecular complexity index is 6650. The van der Waals surface area contributed by atoms with Gasteiger partial charge in [0, 0.05) is 79.0 Å². The molecule has 12 heteroatoms. The molecule has 1 saturated heterocycles. The summed E-state index contributed by atoms with van der Waals surface area (Å²) in [5, 5.41) is 5.39. The number of halogens is 1. The third kappa shape index (κ3) is 13.1. The molecule has 0 amide bonds. The first-order valence-corrected chi connectivity index (χ1v) is 40.7. The Labute approximate surface area is 677 Å². The van der Waals surface area contributed by atoms with Crippen LogP contribution in [0.2, 0.25) is 5.28 Å². The van der Waals surface area contributed by atoms with Gasteiger partial charge in [0.1, 0.15) is 0 Å². The predicted octanol–water partition coefficient (Wildman–Crippen LogP) is 26.7. The molecular weight excluding hydrogens is 1450 g/mol. The zero-order valence-electron chi connectivity index (χ0n) is 64.4. The highest BCUT2D eigenvalue weighted by molar-refractivity contribution is 7.26. The molecule has 18 aromatic rings. The van der Waals surface area contributed by atoms with E-state index >= 15 is 0 Å². The molecule has 4 aromatic heterocycles. The average Bonchev–Trinajstić information content (AvgIpc) is 1.58. The van der Waals surface area contributed by atoms with Gasteiger partial charge >= 0.3 is 7.12 Å². The van der Waals surface area contributed by atoms with Gasteiger partial charge < -0.3 is 9.31 Å². The summed E-state index contributed by atoms with van der Waals surface area (Å²) in [6.45, 7) is 17.8. The summed E-state index contributed by atoms with van der Waals surface area (Å²) in [4.78, 5) is 28.1. The maximum atomic E-state index is 6.60. The lowest BCUT2D eigenvalue weighted by atomic mass is 9.76. The largest absolute Gasteiger partial charge is 0.494 e. The molecule has 114 heavy (non-hydrogen) atoms. The summed E-state index contributed by atoms with van der Waals surface area (Å²) in [6.07, 6.45) is 0. The van der Waals surface area contributed by atoms with Gasteiger partial charge in [-0.15, -0.1) is 22.7 Å². The van der Waals surface area contributed by atoms with Crippen LogP contribution in [0.4, 0.5) is 0 Å². The number of hydrogen-bond acceptors (Lipinski definition) is 10. The number of thiophene rings is 2. The van der Waals surface area contributed by atoms with Crippen LogP contribution in [-0.4, -0.2) is 48.2 Å². The fraction of sp³-hybridized carbons (Fsp3) is 0.118. The van der Waals surface area contributed by atoms with Crippen LogP contribution in [0, 0.1) is 0 Å². The van der Waals surface area contributed by atoms with Crippen LogP contribution in [0.1, 0.15) is 77.6 Å². The van der Waals surface area contributed by atoms with Crippen LogP contribution in [0.15, 0.2) is 328 Å². The van der Waals surface area contributed by atoms with Crippen molar-refractivity contribution >= 4 is 87.2 Å². The quantitative estimate of drug-likeness (QED) is 0.125. The maximum absolute atomic E-state index is 6.60. The van der Waals surface area contributed by atoms with Crippen LogP contribution in [0.3, 0.4) is 0 Å². The van der Waals surface area contributed by atoms with Gasteiger partial charge in [0.15, 0.2) is 29.1 Å². The monoisotopic (exact) mass is 1530 g/mol. The minimum atomic E-state index is -0.444. The number of hydrogen-bond donors (Lipinski definition) is 0. The molecule has 1 fully saturated rings. The first-order chi connectivity index (χ1) is 55.4. The number of fused-ring (bicyclic) bond motifs is 12. The minimum absolute atomic E-state index is 0.0588. The molecule has 14 aromatic carbocycles. The highest BCUT2D eigenvalue weighted by Gasteiger charge is 2.52. The molecule has 3 aliphatic rings. The van der Waals surface area contributed by atoms with Crippen molar-refractivity contribution in [2.24, 2.45) is 0 Å². The average molecular weight is 1530 g/mol. The molecule has 0 saturated carbocycles. The van der Waals surface area contributed by atoms with Gasteiger partial charge in [-0.1, -0.05) is 307 Å². The van der Waals surface area contributed by atoms with Gasteiger partial charge in [-0.25, -0.2) is 19.9 Å². The SMILES string of the molecule is CC1(C)c2ccccc2-c2ccc(-c3cc(-c4nc(-c5ccccc5)nc(-c5ccccc5)n4)cc(-c4cccc5c4sc4ccccc45)c3)cc21.CC1(C)c2ccccc2-c2ccc(-c3cc(B4OC(C)(C)C(C)(C)O4)cc(-c4cccc5c4sc4ccccc45)c3)cc21.Clc1nc(-c2ccccc2)nc(-c2ccccc2)n1. The van der Waals surface area contributed by atoms with Crippen molar-refractivity contribution in [1.29, 1.82) is 0 Å². The Hall–Kier alpha value is -12.2. The van der Waals surface area contributed by atoms with E-state index < -0.39 is 18.3 Å². The summed E-state index contributed by atoms with van der Waals surface area (Å²) in [7, 11) is -0.444. The summed E-state index contributed by atoms with van der Waals surface area (Å²) in [5.74, 6) is 3.12. The van der Waals surface area contributed by atoms with Gasteiger partial charge in [-0.05, 0) is 182 Å². The second kappa shape index (κ2) is 28.8. The molecule has 0 radical (unpaired) electrons. The van der Waals surface area contributed by atoms with Crippen LogP contribution < -0.4 is 5.46 Å². The van der Waals surface area contributed by atoms with Gasteiger partial charge in [0.25, 0.3) is 0 Å². The Morgan fingerprint density at radius 3 is 1.01 bits per heavy atom. The van der Waals surface area contributed by atoms with E-state index in [1.807, 2.05) is 120 Å². The molecule has 550 valence electrons. The van der Waals surface area contributed by atoms with Gasteiger partial charge in [-0.3, -0.25) is 0 Å². The van der Waals surface area contributed by atoms with E-state index in [2.05, 4.69) is 301 Å².